The van der Waals surface area contributed by atoms with Crippen molar-refractivity contribution in [2.75, 3.05) is 31.5 Å². The Balaban J connectivity index is 1.09. The van der Waals surface area contributed by atoms with Gasteiger partial charge in [-0.15, -0.1) is 0 Å². The molecule has 0 atom stereocenters. The summed E-state index contributed by atoms with van der Waals surface area (Å²) in [6.07, 6.45) is 6.78. The molecule has 1 saturated heterocycles. The first-order valence-electron chi connectivity index (χ1n) is 12.6. The van der Waals surface area contributed by atoms with Gasteiger partial charge in [-0.1, -0.05) is 6.07 Å². The predicted molar refractivity (Wildman–Crippen MR) is 139 cm³/mol. The zero-order valence-electron chi connectivity index (χ0n) is 20.4. The van der Waals surface area contributed by atoms with Crippen LogP contribution in [-0.4, -0.2) is 66.8 Å². The van der Waals surface area contributed by atoms with Crippen molar-refractivity contribution in [3.63, 3.8) is 0 Å². The molecule has 0 spiro atoms. The van der Waals surface area contributed by atoms with Crippen molar-refractivity contribution in [1.82, 2.24) is 34.7 Å². The van der Waals surface area contributed by atoms with E-state index >= 15 is 0 Å². The third-order valence-electron chi connectivity index (χ3n) is 6.92. The summed E-state index contributed by atoms with van der Waals surface area (Å²) in [5.41, 5.74) is 4.88. The number of pyridine rings is 1. The molecule has 1 aliphatic carbocycles. The number of amides is 1. The van der Waals surface area contributed by atoms with E-state index < -0.39 is 0 Å². The van der Waals surface area contributed by atoms with E-state index in [0.29, 0.717) is 17.8 Å². The molecule has 6 rings (SSSR count). The van der Waals surface area contributed by atoms with E-state index in [2.05, 4.69) is 41.2 Å². The van der Waals surface area contributed by atoms with Crippen LogP contribution in [0.25, 0.3) is 22.3 Å². The van der Waals surface area contributed by atoms with Crippen LogP contribution >= 0.6 is 0 Å². The highest BCUT2D eigenvalue weighted by Gasteiger charge is 2.28. The Bertz CT molecular complexity index is 1390. The largest absolute Gasteiger partial charge is 0.340 e. The number of H-pyrrole nitrogens is 1. The highest BCUT2D eigenvalue weighted by molar-refractivity contribution is 5.83. The van der Waals surface area contributed by atoms with Gasteiger partial charge in [0.15, 0.2) is 0 Å². The third kappa shape index (κ3) is 5.21. The van der Waals surface area contributed by atoms with Crippen LogP contribution in [0.4, 0.5) is 11.8 Å². The number of rotatable bonds is 7. The summed E-state index contributed by atoms with van der Waals surface area (Å²) in [6.45, 7) is 6.16. The van der Waals surface area contributed by atoms with Crippen molar-refractivity contribution in [2.24, 2.45) is 5.92 Å². The monoisotopic (exact) mass is 482 g/mol. The summed E-state index contributed by atoms with van der Waals surface area (Å²) < 4.78 is 0. The van der Waals surface area contributed by atoms with Crippen molar-refractivity contribution >= 4 is 28.7 Å². The lowest BCUT2D eigenvalue weighted by atomic mass is 10.1. The van der Waals surface area contributed by atoms with Crippen LogP contribution in [0.2, 0.25) is 0 Å². The van der Waals surface area contributed by atoms with E-state index in [1.807, 2.05) is 48.4 Å². The van der Waals surface area contributed by atoms with Crippen molar-refractivity contribution in [1.29, 1.82) is 0 Å². The van der Waals surface area contributed by atoms with Gasteiger partial charge in [-0.05, 0) is 61.6 Å². The smallest absolute Gasteiger partial charge is 0.222 e. The number of benzene rings is 1. The number of piperazine rings is 1. The minimum atomic E-state index is 0.331. The third-order valence-corrected chi connectivity index (χ3v) is 6.92. The Morgan fingerprint density at radius 3 is 2.67 bits per heavy atom. The molecule has 36 heavy (non-hydrogen) atoms. The first-order chi connectivity index (χ1) is 17.6. The molecule has 2 aliphatic rings. The minimum absolute atomic E-state index is 0.331. The molecule has 9 nitrogen and oxygen atoms in total. The molecule has 1 saturated carbocycles. The molecule has 0 unspecified atom stereocenters. The van der Waals surface area contributed by atoms with Crippen molar-refractivity contribution in [3.05, 3.63) is 60.2 Å². The lowest BCUT2D eigenvalue weighted by molar-refractivity contribution is -0.133. The first-order valence-corrected chi connectivity index (χ1v) is 12.6. The van der Waals surface area contributed by atoms with Crippen LogP contribution in [0.5, 0.6) is 0 Å². The van der Waals surface area contributed by atoms with E-state index in [4.69, 9.17) is 0 Å². The highest BCUT2D eigenvalue weighted by atomic mass is 16.2. The quantitative estimate of drug-likeness (QED) is 0.412. The number of carbonyl (C=O) groups is 1. The van der Waals surface area contributed by atoms with Crippen molar-refractivity contribution in [2.45, 2.75) is 32.7 Å². The molecule has 9 heteroatoms. The molecule has 2 fully saturated rings. The Labute approximate surface area is 210 Å². The second-order valence-electron chi connectivity index (χ2n) is 9.79. The average molecular weight is 483 g/mol. The summed E-state index contributed by atoms with van der Waals surface area (Å²) in [7, 11) is 0. The zero-order valence-corrected chi connectivity index (χ0v) is 20.4. The van der Waals surface area contributed by atoms with Crippen LogP contribution in [0.3, 0.4) is 0 Å². The number of hydrogen-bond donors (Lipinski definition) is 2. The number of imidazole rings is 1. The molecule has 4 heterocycles. The van der Waals surface area contributed by atoms with Gasteiger partial charge in [0.1, 0.15) is 11.6 Å². The maximum atomic E-state index is 12.4. The molecule has 1 amide bonds. The summed E-state index contributed by atoms with van der Waals surface area (Å²) in [4.78, 5) is 38.0. The Morgan fingerprint density at radius 2 is 1.86 bits per heavy atom. The van der Waals surface area contributed by atoms with Gasteiger partial charge < -0.3 is 15.2 Å². The molecule has 1 aliphatic heterocycles. The topological polar surface area (TPSA) is 103 Å². The number of anilines is 2. The maximum absolute atomic E-state index is 12.4. The standard InChI is InChI=1S/C27H30N8O/c1-18-28-9-7-22(30-18)21-4-5-23-24(16-21)32-27(31-23)33-25-14-20(6-8-29-25)17-34-10-12-35(13-11-34)26(36)15-19-2-3-19/h4-9,14,16,19H,2-3,10-13,15,17H2,1H3,(H2,29,31,32,33). The lowest BCUT2D eigenvalue weighted by Gasteiger charge is -2.34. The van der Waals surface area contributed by atoms with E-state index in [-0.39, 0.29) is 0 Å². The van der Waals surface area contributed by atoms with Crippen molar-refractivity contribution < 1.29 is 4.79 Å². The van der Waals surface area contributed by atoms with Crippen LogP contribution in [0.1, 0.15) is 30.7 Å². The Morgan fingerprint density at radius 1 is 1.03 bits per heavy atom. The van der Waals surface area contributed by atoms with Gasteiger partial charge in [-0.3, -0.25) is 9.69 Å². The number of carbonyl (C=O) groups excluding carboxylic acids is 1. The molecular weight excluding hydrogens is 452 g/mol. The van der Waals surface area contributed by atoms with Gasteiger partial charge in [-0.25, -0.2) is 19.9 Å². The van der Waals surface area contributed by atoms with Gasteiger partial charge >= 0.3 is 0 Å². The van der Waals surface area contributed by atoms with E-state index in [0.717, 1.165) is 73.1 Å². The van der Waals surface area contributed by atoms with Crippen molar-refractivity contribution in [3.8, 4) is 11.3 Å². The predicted octanol–water partition coefficient (Wildman–Crippen LogP) is 3.91. The molecule has 184 valence electrons. The normalized spacial score (nSPS) is 16.4. The number of aryl methyl sites for hydroxylation is 1. The fraction of sp³-hybridized carbons (Fsp3) is 0.370. The van der Waals surface area contributed by atoms with Gasteiger partial charge in [0, 0.05) is 57.1 Å². The number of nitrogens with one attached hydrogen (secondary N) is 2. The number of fused-ring (bicyclic) bond motifs is 1. The van der Waals surface area contributed by atoms with Gasteiger partial charge in [0.2, 0.25) is 11.9 Å². The zero-order chi connectivity index (χ0) is 24.5. The second kappa shape index (κ2) is 9.66. The van der Waals surface area contributed by atoms with E-state index in [1.54, 1.807) is 6.20 Å². The second-order valence-corrected chi connectivity index (χ2v) is 9.79. The Hall–Kier alpha value is -3.85. The molecule has 0 bridgehead atoms. The summed E-state index contributed by atoms with van der Waals surface area (Å²) in [5.74, 6) is 3.12. The fourth-order valence-corrected chi connectivity index (χ4v) is 4.72. The highest BCUT2D eigenvalue weighted by Crippen LogP contribution is 2.33. The number of aromatic nitrogens is 5. The summed E-state index contributed by atoms with van der Waals surface area (Å²) in [6, 6.07) is 12.1. The SMILES string of the molecule is Cc1nccc(-c2ccc3nc(Nc4cc(CN5CCN(C(=O)CC6CC6)CC5)ccn4)[nH]c3c2)n1. The minimum Gasteiger partial charge on any atom is -0.340 e. The fourth-order valence-electron chi connectivity index (χ4n) is 4.72. The maximum Gasteiger partial charge on any atom is 0.222 e. The molecule has 3 aromatic heterocycles. The number of hydrogen-bond acceptors (Lipinski definition) is 7. The van der Waals surface area contributed by atoms with E-state index in [9.17, 15) is 4.79 Å². The molecule has 0 radical (unpaired) electrons. The Kier molecular flexibility index (Phi) is 6.06. The average Bonchev–Trinajstić information content (AvgIpc) is 3.60. The van der Waals surface area contributed by atoms with Gasteiger partial charge in [0.25, 0.3) is 0 Å². The van der Waals surface area contributed by atoms with E-state index in [1.165, 1.54) is 18.4 Å². The van der Waals surface area contributed by atoms with Crippen LogP contribution in [0.15, 0.2) is 48.8 Å². The summed E-state index contributed by atoms with van der Waals surface area (Å²) >= 11 is 0. The van der Waals surface area contributed by atoms with Crippen LogP contribution in [0, 0.1) is 12.8 Å². The molecule has 1 aromatic carbocycles. The van der Waals surface area contributed by atoms with Gasteiger partial charge in [0.05, 0.1) is 16.7 Å². The first kappa shape index (κ1) is 22.6. The van der Waals surface area contributed by atoms with Gasteiger partial charge in [-0.2, -0.15) is 0 Å². The van der Waals surface area contributed by atoms with Crippen LogP contribution in [-0.2, 0) is 11.3 Å². The summed E-state index contributed by atoms with van der Waals surface area (Å²) in [5, 5.41) is 3.31. The number of aromatic amines is 1. The molecule has 4 aromatic rings. The number of nitrogens with zero attached hydrogens (tertiary/aromatic N) is 6. The lowest BCUT2D eigenvalue weighted by Crippen LogP contribution is -2.48. The molecule has 2 N–H and O–H groups in total. The molecular formula is C27H30N8O. The van der Waals surface area contributed by atoms with Crippen LogP contribution < -0.4 is 5.32 Å².